The molecule has 110 valence electrons. The van der Waals surface area contributed by atoms with Crippen molar-refractivity contribution in [2.45, 2.75) is 13.3 Å². The van der Waals surface area contributed by atoms with Gasteiger partial charge in [-0.05, 0) is 25.5 Å². The normalized spacial score (nSPS) is 10.1. The van der Waals surface area contributed by atoms with Crippen molar-refractivity contribution >= 4 is 11.6 Å². The van der Waals surface area contributed by atoms with Crippen molar-refractivity contribution in [3.8, 4) is 5.75 Å². The van der Waals surface area contributed by atoms with E-state index in [2.05, 4.69) is 0 Å². The zero-order valence-corrected chi connectivity index (χ0v) is 11.3. The van der Waals surface area contributed by atoms with Crippen LogP contribution in [0.1, 0.15) is 13.3 Å². The number of hydrogen-bond donors (Lipinski definition) is 1. The highest BCUT2D eigenvalue weighted by Crippen LogP contribution is 2.17. The van der Waals surface area contributed by atoms with Crippen LogP contribution in [0.4, 0.5) is 5.69 Å². The third-order valence-corrected chi connectivity index (χ3v) is 2.73. The number of ether oxygens (including phenoxy) is 1. The van der Waals surface area contributed by atoms with E-state index in [-0.39, 0.29) is 24.8 Å². The molecule has 0 unspecified atom stereocenters. The van der Waals surface area contributed by atoms with E-state index < -0.39 is 4.92 Å². The maximum absolute atomic E-state index is 11.8. The van der Waals surface area contributed by atoms with Crippen LogP contribution in [0, 0.1) is 10.1 Å². The SMILES string of the molecule is CCN(CCCO)C(=O)COc1ccc([N+](=O)[O-])cc1. The van der Waals surface area contributed by atoms with Gasteiger partial charge in [-0.25, -0.2) is 0 Å². The summed E-state index contributed by atoms with van der Waals surface area (Å²) in [5.74, 6) is 0.224. The summed E-state index contributed by atoms with van der Waals surface area (Å²) in [4.78, 5) is 23.4. The minimum absolute atomic E-state index is 0.0261. The number of carbonyl (C=O) groups excluding carboxylic acids is 1. The number of likely N-dealkylation sites (N-methyl/N-ethyl adjacent to an activating group) is 1. The first kappa shape index (κ1) is 15.9. The number of aliphatic hydroxyl groups excluding tert-OH is 1. The van der Waals surface area contributed by atoms with Crippen LogP contribution in [0.5, 0.6) is 5.75 Å². The van der Waals surface area contributed by atoms with Gasteiger partial charge >= 0.3 is 0 Å². The Morgan fingerprint density at radius 2 is 2.05 bits per heavy atom. The predicted octanol–water partition coefficient (Wildman–Crippen LogP) is 1.20. The van der Waals surface area contributed by atoms with Gasteiger partial charge in [0.25, 0.3) is 11.6 Å². The van der Waals surface area contributed by atoms with Gasteiger partial charge in [-0.15, -0.1) is 0 Å². The molecule has 20 heavy (non-hydrogen) atoms. The lowest BCUT2D eigenvalue weighted by Crippen LogP contribution is -2.35. The molecule has 1 amide bonds. The first-order valence-corrected chi connectivity index (χ1v) is 6.34. The molecule has 0 aliphatic carbocycles. The first-order valence-electron chi connectivity index (χ1n) is 6.34. The van der Waals surface area contributed by atoms with Crippen LogP contribution in [-0.2, 0) is 4.79 Å². The lowest BCUT2D eigenvalue weighted by molar-refractivity contribution is -0.384. The van der Waals surface area contributed by atoms with Gasteiger partial charge in [0.2, 0.25) is 0 Å². The summed E-state index contributed by atoms with van der Waals surface area (Å²) < 4.78 is 5.29. The van der Waals surface area contributed by atoms with Crippen LogP contribution in [-0.4, -0.2) is 47.1 Å². The number of amides is 1. The second kappa shape index (κ2) is 8.11. The minimum atomic E-state index is -0.497. The molecule has 0 bridgehead atoms. The molecule has 0 fully saturated rings. The first-order chi connectivity index (χ1) is 9.58. The van der Waals surface area contributed by atoms with E-state index in [4.69, 9.17) is 9.84 Å². The van der Waals surface area contributed by atoms with Crippen molar-refractivity contribution in [2.75, 3.05) is 26.3 Å². The molecule has 0 heterocycles. The minimum Gasteiger partial charge on any atom is -0.484 e. The molecule has 1 aromatic carbocycles. The molecule has 0 aromatic heterocycles. The summed E-state index contributed by atoms with van der Waals surface area (Å²) in [6, 6.07) is 5.55. The highest BCUT2D eigenvalue weighted by Gasteiger charge is 2.12. The average molecular weight is 282 g/mol. The summed E-state index contributed by atoms with van der Waals surface area (Å²) in [7, 11) is 0. The third kappa shape index (κ3) is 4.85. The molecule has 1 aromatic rings. The number of carbonyl (C=O) groups is 1. The second-order valence-electron chi connectivity index (χ2n) is 4.09. The fourth-order valence-corrected chi connectivity index (χ4v) is 1.62. The van der Waals surface area contributed by atoms with Crippen molar-refractivity contribution < 1.29 is 19.6 Å². The van der Waals surface area contributed by atoms with Crippen LogP contribution in [0.25, 0.3) is 0 Å². The molecule has 7 nitrogen and oxygen atoms in total. The Morgan fingerprint density at radius 3 is 2.55 bits per heavy atom. The van der Waals surface area contributed by atoms with Gasteiger partial charge in [0, 0.05) is 31.8 Å². The van der Waals surface area contributed by atoms with E-state index in [0.29, 0.717) is 25.3 Å². The van der Waals surface area contributed by atoms with Crippen LogP contribution < -0.4 is 4.74 Å². The average Bonchev–Trinajstić information content (AvgIpc) is 2.46. The zero-order valence-electron chi connectivity index (χ0n) is 11.3. The molecule has 0 saturated carbocycles. The second-order valence-corrected chi connectivity index (χ2v) is 4.09. The molecule has 1 N–H and O–H groups in total. The number of non-ortho nitro benzene ring substituents is 1. The van der Waals surface area contributed by atoms with E-state index >= 15 is 0 Å². The fourth-order valence-electron chi connectivity index (χ4n) is 1.62. The van der Waals surface area contributed by atoms with Crippen LogP contribution in [0.3, 0.4) is 0 Å². The smallest absolute Gasteiger partial charge is 0.269 e. The topological polar surface area (TPSA) is 92.9 Å². The van der Waals surface area contributed by atoms with Crippen molar-refractivity contribution in [3.05, 3.63) is 34.4 Å². The highest BCUT2D eigenvalue weighted by atomic mass is 16.6. The summed E-state index contributed by atoms with van der Waals surface area (Å²) in [5, 5.41) is 19.2. The van der Waals surface area contributed by atoms with E-state index in [9.17, 15) is 14.9 Å². The van der Waals surface area contributed by atoms with Crippen LogP contribution in [0.2, 0.25) is 0 Å². The quantitative estimate of drug-likeness (QED) is 0.571. The summed E-state index contributed by atoms with van der Waals surface area (Å²) in [6.07, 6.45) is 0.525. The van der Waals surface area contributed by atoms with Gasteiger partial charge in [0.15, 0.2) is 6.61 Å². The highest BCUT2D eigenvalue weighted by molar-refractivity contribution is 5.77. The number of nitro groups is 1. The Hall–Kier alpha value is -2.15. The Morgan fingerprint density at radius 1 is 1.40 bits per heavy atom. The molecule has 0 saturated heterocycles. The van der Waals surface area contributed by atoms with Crippen molar-refractivity contribution in [1.82, 2.24) is 4.90 Å². The molecule has 0 atom stereocenters. The van der Waals surface area contributed by atoms with Crippen molar-refractivity contribution in [2.24, 2.45) is 0 Å². The predicted molar refractivity (Wildman–Crippen MR) is 72.5 cm³/mol. The summed E-state index contributed by atoms with van der Waals surface area (Å²) in [6.45, 7) is 2.78. The zero-order chi connectivity index (χ0) is 15.0. The van der Waals surface area contributed by atoms with E-state index in [1.165, 1.54) is 24.3 Å². The number of aliphatic hydroxyl groups is 1. The number of benzene rings is 1. The summed E-state index contributed by atoms with van der Waals surface area (Å²) >= 11 is 0. The van der Waals surface area contributed by atoms with Gasteiger partial charge in [0.1, 0.15) is 5.75 Å². The fraction of sp³-hybridized carbons (Fsp3) is 0.462. The Kier molecular flexibility index (Phi) is 6.45. The molecule has 0 radical (unpaired) electrons. The van der Waals surface area contributed by atoms with E-state index in [1.54, 1.807) is 4.90 Å². The maximum atomic E-state index is 11.8. The number of nitro benzene ring substituents is 1. The van der Waals surface area contributed by atoms with Crippen LogP contribution in [0.15, 0.2) is 24.3 Å². The molecule has 7 heteroatoms. The van der Waals surface area contributed by atoms with Gasteiger partial charge in [0.05, 0.1) is 4.92 Å². The Bertz CT molecular complexity index is 447. The number of nitrogens with zero attached hydrogens (tertiary/aromatic N) is 2. The Balaban J connectivity index is 2.49. The lowest BCUT2D eigenvalue weighted by Gasteiger charge is -2.20. The molecular weight excluding hydrogens is 264 g/mol. The number of hydrogen-bond acceptors (Lipinski definition) is 5. The van der Waals surface area contributed by atoms with E-state index in [1.807, 2.05) is 6.92 Å². The molecule has 1 rings (SSSR count). The monoisotopic (exact) mass is 282 g/mol. The molecule has 0 spiro atoms. The Labute approximate surface area is 116 Å². The molecule has 0 aliphatic heterocycles. The molecular formula is C13H18N2O5. The van der Waals surface area contributed by atoms with Gasteiger partial charge < -0.3 is 14.7 Å². The third-order valence-electron chi connectivity index (χ3n) is 2.73. The number of rotatable bonds is 8. The van der Waals surface area contributed by atoms with Crippen molar-refractivity contribution in [1.29, 1.82) is 0 Å². The maximum Gasteiger partial charge on any atom is 0.269 e. The summed E-state index contributed by atoms with van der Waals surface area (Å²) in [5.41, 5.74) is -0.0261. The van der Waals surface area contributed by atoms with E-state index in [0.717, 1.165) is 0 Å². The van der Waals surface area contributed by atoms with Gasteiger partial charge in [-0.1, -0.05) is 0 Å². The van der Waals surface area contributed by atoms with Gasteiger partial charge in [-0.2, -0.15) is 0 Å². The largest absolute Gasteiger partial charge is 0.484 e. The standard InChI is InChI=1S/C13H18N2O5/c1-2-14(8-3-9-16)13(17)10-20-12-6-4-11(5-7-12)15(18)19/h4-7,16H,2-3,8-10H2,1H3. The van der Waals surface area contributed by atoms with Crippen molar-refractivity contribution in [3.63, 3.8) is 0 Å². The molecule has 0 aliphatic rings. The van der Waals surface area contributed by atoms with Crippen LogP contribution >= 0.6 is 0 Å². The lowest BCUT2D eigenvalue weighted by atomic mass is 10.3. The van der Waals surface area contributed by atoms with Gasteiger partial charge in [-0.3, -0.25) is 14.9 Å².